The molecular weight excluding hydrogens is 259 g/mol. The largest absolute Gasteiger partial charge is 0.494 e. The smallest absolute Gasteiger partial charge is 0.171 e. The van der Waals surface area contributed by atoms with E-state index in [1.54, 1.807) is 31.4 Å². The van der Waals surface area contributed by atoms with Gasteiger partial charge >= 0.3 is 0 Å². The van der Waals surface area contributed by atoms with Crippen molar-refractivity contribution in [3.8, 4) is 5.75 Å². The summed E-state index contributed by atoms with van der Waals surface area (Å²) >= 11 is 0. The van der Waals surface area contributed by atoms with Crippen LogP contribution in [0.2, 0.25) is 0 Å². The van der Waals surface area contributed by atoms with Crippen LogP contribution in [0.5, 0.6) is 5.75 Å². The molecule has 0 radical (unpaired) electrons. The summed E-state index contributed by atoms with van der Waals surface area (Å²) in [6.45, 7) is 0.360. The Morgan fingerprint density at radius 2 is 1.75 bits per heavy atom. The van der Waals surface area contributed by atoms with Gasteiger partial charge in [0.25, 0.3) is 0 Å². The van der Waals surface area contributed by atoms with Gasteiger partial charge in [0.1, 0.15) is 6.10 Å². The van der Waals surface area contributed by atoms with Crippen LogP contribution in [-0.2, 0) is 11.3 Å². The summed E-state index contributed by atoms with van der Waals surface area (Å²) in [5, 5.41) is 10.4. The Morgan fingerprint density at radius 3 is 2.45 bits per heavy atom. The third kappa shape index (κ3) is 2.81. The van der Waals surface area contributed by atoms with E-state index < -0.39 is 11.9 Å². The molecule has 0 amide bonds. The van der Waals surface area contributed by atoms with Crippen molar-refractivity contribution in [2.45, 2.75) is 12.7 Å². The summed E-state index contributed by atoms with van der Waals surface area (Å²) in [5.41, 5.74) is 1.64. The highest BCUT2D eigenvalue weighted by molar-refractivity contribution is 5.40. The van der Waals surface area contributed by atoms with E-state index in [4.69, 9.17) is 9.47 Å². The zero-order chi connectivity index (χ0) is 14.5. The van der Waals surface area contributed by atoms with E-state index in [9.17, 15) is 9.50 Å². The Balaban J connectivity index is 2.44. The van der Waals surface area contributed by atoms with Crippen molar-refractivity contribution in [1.29, 1.82) is 0 Å². The van der Waals surface area contributed by atoms with Gasteiger partial charge in [0.2, 0.25) is 0 Å². The van der Waals surface area contributed by atoms with Crippen molar-refractivity contribution in [2.75, 3.05) is 14.2 Å². The van der Waals surface area contributed by atoms with E-state index in [1.807, 2.05) is 12.1 Å². The highest BCUT2D eigenvalue weighted by Gasteiger charge is 2.20. The Kier molecular flexibility index (Phi) is 4.71. The van der Waals surface area contributed by atoms with Gasteiger partial charge in [-0.2, -0.15) is 0 Å². The molecule has 0 fully saturated rings. The van der Waals surface area contributed by atoms with Crippen LogP contribution in [0.1, 0.15) is 22.8 Å². The van der Waals surface area contributed by atoms with Gasteiger partial charge in [0, 0.05) is 12.7 Å². The lowest BCUT2D eigenvalue weighted by Crippen LogP contribution is -2.07. The van der Waals surface area contributed by atoms with E-state index in [0.717, 1.165) is 5.56 Å². The minimum absolute atomic E-state index is 0.116. The van der Waals surface area contributed by atoms with Crippen LogP contribution >= 0.6 is 0 Å². The number of ether oxygens (including phenoxy) is 2. The van der Waals surface area contributed by atoms with Gasteiger partial charge in [-0.1, -0.05) is 36.4 Å². The molecule has 106 valence electrons. The molecule has 0 heterocycles. The number of methoxy groups -OCH3 is 2. The molecule has 2 aromatic carbocycles. The molecule has 2 rings (SSSR count). The Bertz CT molecular complexity index is 584. The summed E-state index contributed by atoms with van der Waals surface area (Å²) in [6.07, 6.45) is -1.06. The highest BCUT2D eigenvalue weighted by atomic mass is 19.1. The van der Waals surface area contributed by atoms with E-state index in [1.165, 1.54) is 13.2 Å². The zero-order valence-corrected chi connectivity index (χ0v) is 11.5. The maximum Gasteiger partial charge on any atom is 0.171 e. The van der Waals surface area contributed by atoms with Crippen molar-refractivity contribution < 1.29 is 19.0 Å². The molecule has 0 saturated heterocycles. The van der Waals surface area contributed by atoms with E-state index in [2.05, 4.69) is 0 Å². The van der Waals surface area contributed by atoms with Gasteiger partial charge in [0.05, 0.1) is 13.7 Å². The lowest BCUT2D eigenvalue weighted by Gasteiger charge is -2.17. The molecule has 1 unspecified atom stereocenters. The minimum Gasteiger partial charge on any atom is -0.494 e. The van der Waals surface area contributed by atoms with Gasteiger partial charge in [-0.05, 0) is 17.2 Å². The van der Waals surface area contributed by atoms with Crippen molar-refractivity contribution in [3.63, 3.8) is 0 Å². The number of benzene rings is 2. The Hall–Kier alpha value is -1.91. The lowest BCUT2D eigenvalue weighted by atomic mass is 9.96. The van der Waals surface area contributed by atoms with Gasteiger partial charge in [-0.15, -0.1) is 0 Å². The van der Waals surface area contributed by atoms with E-state index in [0.29, 0.717) is 12.2 Å². The zero-order valence-electron chi connectivity index (χ0n) is 11.5. The van der Waals surface area contributed by atoms with Crippen LogP contribution in [0, 0.1) is 5.82 Å². The van der Waals surface area contributed by atoms with Crippen LogP contribution in [0.4, 0.5) is 4.39 Å². The normalized spacial score (nSPS) is 12.2. The fourth-order valence-corrected chi connectivity index (χ4v) is 2.15. The second-order valence-electron chi connectivity index (χ2n) is 4.40. The highest BCUT2D eigenvalue weighted by Crippen LogP contribution is 2.30. The third-order valence-corrected chi connectivity index (χ3v) is 3.16. The Labute approximate surface area is 117 Å². The summed E-state index contributed by atoms with van der Waals surface area (Å²) in [6, 6.07) is 12.0. The molecule has 4 heteroatoms. The van der Waals surface area contributed by atoms with Crippen molar-refractivity contribution in [1.82, 2.24) is 0 Å². The van der Waals surface area contributed by atoms with E-state index in [-0.39, 0.29) is 11.3 Å². The summed E-state index contributed by atoms with van der Waals surface area (Å²) in [5.74, 6) is -0.430. The average molecular weight is 276 g/mol. The molecule has 0 aliphatic carbocycles. The summed E-state index contributed by atoms with van der Waals surface area (Å²) < 4.78 is 24.2. The van der Waals surface area contributed by atoms with Gasteiger partial charge in [0.15, 0.2) is 11.6 Å². The first-order valence-electron chi connectivity index (χ1n) is 6.26. The Morgan fingerprint density at radius 1 is 1.05 bits per heavy atom. The van der Waals surface area contributed by atoms with E-state index >= 15 is 0 Å². The topological polar surface area (TPSA) is 38.7 Å². The molecule has 0 spiro atoms. The fraction of sp³-hybridized carbons (Fsp3) is 0.250. The van der Waals surface area contributed by atoms with Gasteiger partial charge in [-0.3, -0.25) is 0 Å². The van der Waals surface area contributed by atoms with Crippen molar-refractivity contribution in [2.24, 2.45) is 0 Å². The number of hydrogen-bond acceptors (Lipinski definition) is 3. The standard InChI is InChI=1S/C16H17FO3/c1-19-10-11-6-3-4-7-12(11)16(18)13-8-5-9-14(20-2)15(13)17/h3-9,16,18H,10H2,1-2H3. The number of halogens is 1. The summed E-state index contributed by atoms with van der Waals surface area (Å²) in [7, 11) is 2.97. The maximum atomic E-state index is 14.2. The van der Waals surface area contributed by atoms with Crippen molar-refractivity contribution in [3.05, 3.63) is 65.0 Å². The second-order valence-corrected chi connectivity index (χ2v) is 4.40. The molecule has 2 aromatic rings. The first-order chi connectivity index (χ1) is 9.69. The summed E-state index contributed by atoms with van der Waals surface area (Å²) in [4.78, 5) is 0. The molecule has 1 atom stereocenters. The van der Waals surface area contributed by atoms with Crippen LogP contribution in [0.15, 0.2) is 42.5 Å². The molecule has 1 N–H and O–H groups in total. The number of hydrogen-bond donors (Lipinski definition) is 1. The van der Waals surface area contributed by atoms with Crippen LogP contribution in [0.3, 0.4) is 0 Å². The molecule has 0 aliphatic heterocycles. The molecule has 3 nitrogen and oxygen atoms in total. The third-order valence-electron chi connectivity index (χ3n) is 3.16. The lowest BCUT2D eigenvalue weighted by molar-refractivity contribution is 0.175. The quantitative estimate of drug-likeness (QED) is 0.912. The van der Waals surface area contributed by atoms with Crippen molar-refractivity contribution >= 4 is 0 Å². The minimum atomic E-state index is -1.06. The number of aliphatic hydroxyl groups is 1. The predicted octanol–water partition coefficient (Wildman–Crippen LogP) is 3.06. The molecule has 0 aliphatic rings. The van der Waals surface area contributed by atoms with Crippen LogP contribution in [-0.4, -0.2) is 19.3 Å². The molecule has 0 bridgehead atoms. The molecule has 20 heavy (non-hydrogen) atoms. The van der Waals surface area contributed by atoms with Gasteiger partial charge < -0.3 is 14.6 Å². The number of aliphatic hydroxyl groups excluding tert-OH is 1. The maximum absolute atomic E-state index is 14.2. The van der Waals surface area contributed by atoms with Gasteiger partial charge in [-0.25, -0.2) is 4.39 Å². The van der Waals surface area contributed by atoms with Crippen LogP contribution < -0.4 is 4.74 Å². The first kappa shape index (κ1) is 14.5. The molecule has 0 aromatic heterocycles. The number of rotatable bonds is 5. The fourth-order valence-electron chi connectivity index (χ4n) is 2.15. The average Bonchev–Trinajstić information content (AvgIpc) is 2.48. The second kappa shape index (κ2) is 6.50. The monoisotopic (exact) mass is 276 g/mol. The predicted molar refractivity (Wildman–Crippen MR) is 74.2 cm³/mol. The SMILES string of the molecule is COCc1ccccc1C(O)c1cccc(OC)c1F. The van der Waals surface area contributed by atoms with Crippen LogP contribution in [0.25, 0.3) is 0 Å². The molecular formula is C16H17FO3. The first-order valence-corrected chi connectivity index (χ1v) is 6.26. The molecule has 0 saturated carbocycles.